The highest BCUT2D eigenvalue weighted by molar-refractivity contribution is 5.88. The van der Waals surface area contributed by atoms with Crippen molar-refractivity contribution in [3.63, 3.8) is 0 Å². The maximum absolute atomic E-state index is 11.6. The van der Waals surface area contributed by atoms with Crippen molar-refractivity contribution in [3.8, 4) is 5.75 Å². The molecule has 0 saturated carbocycles. The number of nitrogens with one attached hydrogen (secondary N) is 2. The van der Waals surface area contributed by atoms with Crippen LogP contribution < -0.4 is 15.4 Å². The molecule has 0 unspecified atom stereocenters. The molecule has 9 nitrogen and oxygen atoms in total. The molecule has 2 aromatic carbocycles. The van der Waals surface area contributed by atoms with E-state index in [1.807, 2.05) is 30.3 Å². The van der Waals surface area contributed by atoms with Gasteiger partial charge in [0, 0.05) is 19.2 Å². The molecule has 0 spiro atoms. The van der Waals surface area contributed by atoms with Crippen molar-refractivity contribution >= 4 is 17.7 Å². The van der Waals surface area contributed by atoms with Gasteiger partial charge in [-0.15, -0.1) is 0 Å². The minimum absolute atomic E-state index is 0.111. The van der Waals surface area contributed by atoms with E-state index in [2.05, 4.69) is 10.6 Å². The van der Waals surface area contributed by atoms with Crippen LogP contribution in [-0.2, 0) is 30.3 Å². The van der Waals surface area contributed by atoms with Gasteiger partial charge >= 0.3 is 6.09 Å². The van der Waals surface area contributed by atoms with Gasteiger partial charge in [-0.2, -0.15) is 0 Å². The summed E-state index contributed by atoms with van der Waals surface area (Å²) < 4.78 is 26.9. The van der Waals surface area contributed by atoms with Gasteiger partial charge in [-0.1, -0.05) is 30.3 Å². The molecule has 0 radical (unpaired) electrons. The van der Waals surface area contributed by atoms with E-state index in [0.717, 1.165) is 11.3 Å². The van der Waals surface area contributed by atoms with Gasteiger partial charge in [-0.05, 0) is 29.8 Å². The number of ether oxygens (including phenoxy) is 5. The standard InChI is InChI=1S/C24H32N2O7/c1-20(27)26-22-7-9-23(10-8-22)32-18-17-31-16-15-30-14-13-29-12-11-25-24(28)33-19-21-5-3-2-4-6-21/h2-10H,11-19H2,1H3,(H,25,28)(H,26,27). The Labute approximate surface area is 194 Å². The van der Waals surface area contributed by atoms with Crippen LogP contribution in [0.5, 0.6) is 5.75 Å². The van der Waals surface area contributed by atoms with Crippen LogP contribution in [0, 0.1) is 0 Å². The zero-order valence-corrected chi connectivity index (χ0v) is 18.9. The molecular formula is C24H32N2O7. The topological polar surface area (TPSA) is 104 Å². The Hall–Kier alpha value is -3.14. The third-order valence-electron chi connectivity index (χ3n) is 4.14. The van der Waals surface area contributed by atoms with Crippen LogP contribution in [0.3, 0.4) is 0 Å². The van der Waals surface area contributed by atoms with Gasteiger partial charge in [-0.3, -0.25) is 4.79 Å². The Morgan fingerprint density at radius 3 is 2.00 bits per heavy atom. The largest absolute Gasteiger partial charge is 0.491 e. The second kappa shape index (κ2) is 16.5. The second-order valence-corrected chi connectivity index (χ2v) is 6.88. The summed E-state index contributed by atoms with van der Waals surface area (Å²) in [5.74, 6) is 0.597. The molecule has 0 aromatic heterocycles. The number of rotatable bonds is 16. The first-order valence-corrected chi connectivity index (χ1v) is 10.8. The minimum Gasteiger partial charge on any atom is -0.491 e. The van der Waals surface area contributed by atoms with Crippen LogP contribution in [0.1, 0.15) is 12.5 Å². The zero-order valence-electron chi connectivity index (χ0n) is 18.9. The second-order valence-electron chi connectivity index (χ2n) is 6.88. The van der Waals surface area contributed by atoms with Crippen molar-refractivity contribution in [1.82, 2.24) is 5.32 Å². The van der Waals surface area contributed by atoms with E-state index in [4.69, 9.17) is 23.7 Å². The van der Waals surface area contributed by atoms with E-state index < -0.39 is 6.09 Å². The van der Waals surface area contributed by atoms with Gasteiger partial charge in [0.2, 0.25) is 5.91 Å². The van der Waals surface area contributed by atoms with E-state index in [-0.39, 0.29) is 12.5 Å². The third kappa shape index (κ3) is 13.1. The maximum atomic E-state index is 11.6. The van der Waals surface area contributed by atoms with Crippen molar-refractivity contribution in [2.45, 2.75) is 13.5 Å². The van der Waals surface area contributed by atoms with Gasteiger partial charge in [0.15, 0.2) is 0 Å². The molecule has 2 N–H and O–H groups in total. The molecule has 0 aliphatic heterocycles. The smallest absolute Gasteiger partial charge is 0.407 e. The van der Waals surface area contributed by atoms with Gasteiger partial charge < -0.3 is 34.3 Å². The number of hydrogen-bond donors (Lipinski definition) is 2. The van der Waals surface area contributed by atoms with Crippen LogP contribution in [0.25, 0.3) is 0 Å². The van der Waals surface area contributed by atoms with Crippen LogP contribution in [0.2, 0.25) is 0 Å². The highest BCUT2D eigenvalue weighted by Gasteiger charge is 2.02. The van der Waals surface area contributed by atoms with Crippen LogP contribution in [0.15, 0.2) is 54.6 Å². The summed E-state index contributed by atoms with van der Waals surface area (Å²) in [4.78, 5) is 22.6. The number of carbonyl (C=O) groups excluding carboxylic acids is 2. The fraction of sp³-hybridized carbons (Fsp3) is 0.417. The molecular weight excluding hydrogens is 428 g/mol. The molecule has 0 atom stereocenters. The van der Waals surface area contributed by atoms with Crippen LogP contribution in [-0.4, -0.2) is 64.8 Å². The summed E-state index contributed by atoms with van der Waals surface area (Å²) in [6.45, 7) is 5.10. The first-order chi connectivity index (χ1) is 16.1. The van der Waals surface area contributed by atoms with E-state index in [0.29, 0.717) is 58.5 Å². The molecule has 2 rings (SSSR count). The summed E-state index contributed by atoms with van der Waals surface area (Å²) >= 11 is 0. The number of alkyl carbamates (subject to hydrolysis) is 1. The normalized spacial score (nSPS) is 10.5. The Kier molecular flexibility index (Phi) is 13.0. The third-order valence-corrected chi connectivity index (χ3v) is 4.14. The Morgan fingerprint density at radius 1 is 0.758 bits per heavy atom. The molecule has 2 aromatic rings. The fourth-order valence-corrected chi connectivity index (χ4v) is 2.60. The lowest BCUT2D eigenvalue weighted by molar-refractivity contribution is -0.114. The Balaban J connectivity index is 1.33. The zero-order chi connectivity index (χ0) is 23.6. The molecule has 0 aliphatic carbocycles. The number of anilines is 1. The summed E-state index contributed by atoms with van der Waals surface area (Å²) in [7, 11) is 0. The lowest BCUT2D eigenvalue weighted by atomic mass is 10.2. The van der Waals surface area contributed by atoms with Crippen molar-refractivity contribution in [1.29, 1.82) is 0 Å². The predicted octanol–water partition coefficient (Wildman–Crippen LogP) is 3.00. The predicted molar refractivity (Wildman–Crippen MR) is 123 cm³/mol. The number of benzene rings is 2. The average Bonchev–Trinajstić information content (AvgIpc) is 2.82. The average molecular weight is 461 g/mol. The van der Waals surface area contributed by atoms with E-state index in [1.54, 1.807) is 24.3 Å². The lowest BCUT2D eigenvalue weighted by Gasteiger charge is -2.09. The van der Waals surface area contributed by atoms with E-state index in [9.17, 15) is 9.59 Å². The summed E-state index contributed by atoms with van der Waals surface area (Å²) in [5.41, 5.74) is 1.66. The Bertz CT molecular complexity index is 800. The first-order valence-electron chi connectivity index (χ1n) is 10.8. The molecule has 0 aliphatic rings. The van der Waals surface area contributed by atoms with Crippen molar-refractivity contribution in [2.75, 3.05) is 58.1 Å². The van der Waals surface area contributed by atoms with E-state index >= 15 is 0 Å². The SMILES string of the molecule is CC(=O)Nc1ccc(OCCOCCOCCOCCNC(=O)OCc2ccccc2)cc1. The summed E-state index contributed by atoms with van der Waals surface area (Å²) in [6, 6.07) is 16.6. The van der Waals surface area contributed by atoms with Crippen LogP contribution in [0.4, 0.5) is 10.5 Å². The van der Waals surface area contributed by atoms with E-state index in [1.165, 1.54) is 6.92 Å². The molecule has 0 saturated heterocycles. The molecule has 0 fully saturated rings. The van der Waals surface area contributed by atoms with Crippen molar-refractivity contribution in [2.24, 2.45) is 0 Å². The summed E-state index contributed by atoms with van der Waals surface area (Å²) in [6.07, 6.45) is -0.471. The minimum atomic E-state index is -0.471. The molecule has 180 valence electrons. The molecule has 9 heteroatoms. The lowest BCUT2D eigenvalue weighted by Crippen LogP contribution is -2.28. The number of carbonyl (C=O) groups is 2. The maximum Gasteiger partial charge on any atom is 0.407 e. The summed E-state index contributed by atoms with van der Waals surface area (Å²) in [5, 5.41) is 5.33. The fourth-order valence-electron chi connectivity index (χ4n) is 2.60. The first kappa shape index (κ1) is 26.1. The Morgan fingerprint density at radius 2 is 1.36 bits per heavy atom. The van der Waals surface area contributed by atoms with Gasteiger partial charge in [-0.25, -0.2) is 4.79 Å². The molecule has 0 heterocycles. The van der Waals surface area contributed by atoms with Crippen LogP contribution >= 0.6 is 0 Å². The van der Waals surface area contributed by atoms with Crippen molar-refractivity contribution < 1.29 is 33.3 Å². The van der Waals surface area contributed by atoms with Gasteiger partial charge in [0.1, 0.15) is 19.0 Å². The van der Waals surface area contributed by atoms with Crippen molar-refractivity contribution in [3.05, 3.63) is 60.2 Å². The number of hydrogen-bond acceptors (Lipinski definition) is 7. The van der Waals surface area contributed by atoms with Gasteiger partial charge in [0.25, 0.3) is 0 Å². The highest BCUT2D eigenvalue weighted by atomic mass is 16.6. The molecule has 33 heavy (non-hydrogen) atoms. The number of amides is 2. The molecule has 2 amide bonds. The quantitative estimate of drug-likeness (QED) is 0.371. The monoisotopic (exact) mass is 460 g/mol. The highest BCUT2D eigenvalue weighted by Crippen LogP contribution is 2.15. The van der Waals surface area contributed by atoms with Gasteiger partial charge in [0.05, 0.1) is 39.6 Å². The molecule has 0 bridgehead atoms.